The number of aromatic nitrogens is 2. The molecule has 0 fully saturated rings. The summed E-state index contributed by atoms with van der Waals surface area (Å²) in [5.41, 5.74) is 0.0600. The Morgan fingerprint density at radius 3 is 2.69 bits per heavy atom. The highest BCUT2D eigenvalue weighted by molar-refractivity contribution is 5.30. The van der Waals surface area contributed by atoms with Gasteiger partial charge in [0.15, 0.2) is 5.82 Å². The molecular formula is C12H21N3O. The molecule has 4 heteroatoms. The molecule has 0 spiro atoms. The SMILES string of the molecule is CC(C)C(C)(C)CNc1nccn(C)c1=O. The number of rotatable bonds is 4. The minimum atomic E-state index is -0.0814. The van der Waals surface area contributed by atoms with Crippen LogP contribution in [-0.4, -0.2) is 16.1 Å². The zero-order valence-corrected chi connectivity index (χ0v) is 10.7. The zero-order valence-electron chi connectivity index (χ0n) is 10.7. The third-order valence-electron chi connectivity index (χ3n) is 3.29. The molecular weight excluding hydrogens is 202 g/mol. The van der Waals surface area contributed by atoms with Gasteiger partial charge in [0.2, 0.25) is 0 Å². The van der Waals surface area contributed by atoms with Gasteiger partial charge in [-0.15, -0.1) is 0 Å². The summed E-state index contributed by atoms with van der Waals surface area (Å²) in [4.78, 5) is 15.8. The Morgan fingerprint density at radius 1 is 1.50 bits per heavy atom. The molecule has 16 heavy (non-hydrogen) atoms. The molecule has 0 amide bonds. The summed E-state index contributed by atoms with van der Waals surface area (Å²) in [5.74, 6) is 0.978. The highest BCUT2D eigenvalue weighted by atomic mass is 16.1. The van der Waals surface area contributed by atoms with Crippen LogP contribution in [0.1, 0.15) is 27.7 Å². The second kappa shape index (κ2) is 4.68. The van der Waals surface area contributed by atoms with E-state index in [0.717, 1.165) is 6.54 Å². The van der Waals surface area contributed by atoms with Gasteiger partial charge in [-0.3, -0.25) is 4.79 Å². The van der Waals surface area contributed by atoms with Crippen LogP contribution in [0.5, 0.6) is 0 Å². The number of aryl methyl sites for hydroxylation is 1. The van der Waals surface area contributed by atoms with Crippen molar-refractivity contribution in [3.8, 4) is 0 Å². The molecule has 0 aliphatic carbocycles. The van der Waals surface area contributed by atoms with E-state index in [4.69, 9.17) is 0 Å². The molecule has 0 radical (unpaired) electrons. The van der Waals surface area contributed by atoms with Gasteiger partial charge in [0.25, 0.3) is 5.56 Å². The molecule has 0 saturated carbocycles. The third kappa shape index (κ3) is 2.84. The van der Waals surface area contributed by atoms with E-state index in [1.165, 1.54) is 4.57 Å². The minimum Gasteiger partial charge on any atom is -0.365 e. The van der Waals surface area contributed by atoms with Crippen LogP contribution in [0.3, 0.4) is 0 Å². The highest BCUT2D eigenvalue weighted by Crippen LogP contribution is 2.25. The molecule has 0 saturated heterocycles. The molecule has 0 atom stereocenters. The fraction of sp³-hybridized carbons (Fsp3) is 0.667. The second-order valence-electron chi connectivity index (χ2n) is 5.19. The van der Waals surface area contributed by atoms with Crippen molar-refractivity contribution in [3.63, 3.8) is 0 Å². The fourth-order valence-corrected chi connectivity index (χ4v) is 1.13. The Kier molecular flexibility index (Phi) is 3.73. The first-order chi connectivity index (χ1) is 7.34. The van der Waals surface area contributed by atoms with Crippen LogP contribution in [0.2, 0.25) is 0 Å². The summed E-state index contributed by atoms with van der Waals surface area (Å²) in [6.45, 7) is 9.46. The van der Waals surface area contributed by atoms with Crippen molar-refractivity contribution in [3.05, 3.63) is 22.7 Å². The summed E-state index contributed by atoms with van der Waals surface area (Å²) in [5, 5.41) is 3.13. The Labute approximate surface area is 96.7 Å². The predicted octanol–water partition coefficient (Wildman–Crippen LogP) is 1.87. The van der Waals surface area contributed by atoms with E-state index in [0.29, 0.717) is 11.7 Å². The lowest BCUT2D eigenvalue weighted by Gasteiger charge is -2.29. The first-order valence-electron chi connectivity index (χ1n) is 5.60. The molecule has 1 heterocycles. The molecule has 1 N–H and O–H groups in total. The summed E-state index contributed by atoms with van der Waals surface area (Å²) >= 11 is 0. The number of hydrogen-bond donors (Lipinski definition) is 1. The molecule has 1 rings (SSSR count). The average Bonchev–Trinajstić information content (AvgIpc) is 2.20. The van der Waals surface area contributed by atoms with E-state index in [-0.39, 0.29) is 11.0 Å². The third-order valence-corrected chi connectivity index (χ3v) is 3.29. The van der Waals surface area contributed by atoms with Crippen LogP contribution in [0, 0.1) is 11.3 Å². The van der Waals surface area contributed by atoms with Gasteiger partial charge < -0.3 is 9.88 Å². The van der Waals surface area contributed by atoms with Crippen LogP contribution in [-0.2, 0) is 7.05 Å². The number of hydrogen-bond acceptors (Lipinski definition) is 3. The van der Waals surface area contributed by atoms with E-state index in [2.05, 4.69) is 38.0 Å². The molecule has 0 aliphatic rings. The van der Waals surface area contributed by atoms with Gasteiger partial charge in [-0.2, -0.15) is 0 Å². The van der Waals surface area contributed by atoms with Crippen molar-refractivity contribution >= 4 is 5.82 Å². The van der Waals surface area contributed by atoms with Crippen LogP contribution >= 0.6 is 0 Å². The molecule has 0 unspecified atom stereocenters. The topological polar surface area (TPSA) is 46.9 Å². The molecule has 1 aromatic heterocycles. The minimum absolute atomic E-state index is 0.0814. The van der Waals surface area contributed by atoms with Gasteiger partial charge >= 0.3 is 0 Å². The summed E-state index contributed by atoms with van der Waals surface area (Å²) < 4.78 is 1.53. The maximum atomic E-state index is 11.7. The molecule has 4 nitrogen and oxygen atoms in total. The van der Waals surface area contributed by atoms with E-state index >= 15 is 0 Å². The Balaban J connectivity index is 2.76. The van der Waals surface area contributed by atoms with Crippen molar-refractivity contribution in [2.75, 3.05) is 11.9 Å². The van der Waals surface area contributed by atoms with Crippen molar-refractivity contribution in [2.45, 2.75) is 27.7 Å². The van der Waals surface area contributed by atoms with E-state index in [9.17, 15) is 4.79 Å². The lowest BCUT2D eigenvalue weighted by Crippen LogP contribution is -2.31. The van der Waals surface area contributed by atoms with E-state index in [1.54, 1.807) is 19.4 Å². The fourth-order valence-electron chi connectivity index (χ4n) is 1.13. The molecule has 1 aromatic rings. The Hall–Kier alpha value is -1.32. The predicted molar refractivity (Wildman–Crippen MR) is 66.6 cm³/mol. The average molecular weight is 223 g/mol. The zero-order chi connectivity index (χ0) is 12.3. The smallest absolute Gasteiger partial charge is 0.293 e. The van der Waals surface area contributed by atoms with Gasteiger partial charge in [0.1, 0.15) is 0 Å². The van der Waals surface area contributed by atoms with Gasteiger partial charge in [0, 0.05) is 26.0 Å². The number of anilines is 1. The molecule has 90 valence electrons. The largest absolute Gasteiger partial charge is 0.365 e. The van der Waals surface area contributed by atoms with Crippen LogP contribution < -0.4 is 10.9 Å². The Morgan fingerprint density at radius 2 is 2.12 bits per heavy atom. The maximum absolute atomic E-state index is 11.7. The van der Waals surface area contributed by atoms with Gasteiger partial charge in [-0.25, -0.2) is 4.98 Å². The van der Waals surface area contributed by atoms with Gasteiger partial charge in [-0.1, -0.05) is 27.7 Å². The normalized spacial score (nSPS) is 11.9. The lowest BCUT2D eigenvalue weighted by atomic mass is 9.81. The van der Waals surface area contributed by atoms with Gasteiger partial charge in [0.05, 0.1) is 0 Å². The van der Waals surface area contributed by atoms with Crippen LogP contribution in [0.15, 0.2) is 17.2 Å². The first-order valence-corrected chi connectivity index (χ1v) is 5.60. The number of nitrogens with one attached hydrogen (secondary N) is 1. The first kappa shape index (κ1) is 12.7. The van der Waals surface area contributed by atoms with Crippen molar-refractivity contribution in [2.24, 2.45) is 18.4 Å². The highest BCUT2D eigenvalue weighted by Gasteiger charge is 2.22. The summed E-state index contributed by atoms with van der Waals surface area (Å²) in [7, 11) is 1.72. The van der Waals surface area contributed by atoms with Crippen molar-refractivity contribution in [1.82, 2.24) is 9.55 Å². The van der Waals surface area contributed by atoms with E-state index < -0.39 is 0 Å². The van der Waals surface area contributed by atoms with E-state index in [1.807, 2.05) is 0 Å². The van der Waals surface area contributed by atoms with Crippen LogP contribution in [0.25, 0.3) is 0 Å². The maximum Gasteiger partial charge on any atom is 0.293 e. The molecule has 0 aliphatic heterocycles. The molecule has 0 aromatic carbocycles. The number of nitrogens with zero attached hydrogens (tertiary/aromatic N) is 2. The quantitative estimate of drug-likeness (QED) is 0.847. The lowest BCUT2D eigenvalue weighted by molar-refractivity contribution is 0.269. The Bertz CT molecular complexity index is 407. The summed E-state index contributed by atoms with van der Waals surface area (Å²) in [6.07, 6.45) is 3.28. The monoisotopic (exact) mass is 223 g/mol. The standard InChI is InChI=1S/C12H21N3O/c1-9(2)12(3,4)8-14-10-11(16)15(5)7-6-13-10/h6-7,9H,8H2,1-5H3,(H,13,14). The van der Waals surface area contributed by atoms with Crippen molar-refractivity contribution in [1.29, 1.82) is 0 Å². The van der Waals surface area contributed by atoms with Crippen molar-refractivity contribution < 1.29 is 0 Å². The second-order valence-corrected chi connectivity index (χ2v) is 5.19. The van der Waals surface area contributed by atoms with Crippen LogP contribution in [0.4, 0.5) is 5.82 Å². The molecule has 0 bridgehead atoms. The van der Waals surface area contributed by atoms with Gasteiger partial charge in [-0.05, 0) is 11.3 Å². The summed E-state index contributed by atoms with van der Waals surface area (Å²) in [6, 6.07) is 0.